The van der Waals surface area contributed by atoms with Crippen molar-refractivity contribution in [3.05, 3.63) is 58.1 Å². The lowest BCUT2D eigenvalue weighted by molar-refractivity contribution is 0.414. The largest absolute Gasteiger partial charge is 0.497 e. The monoisotopic (exact) mass is 470 g/mol. The minimum atomic E-state index is 0. The van der Waals surface area contributed by atoms with Gasteiger partial charge in [-0.25, -0.2) is 0 Å². The van der Waals surface area contributed by atoms with Gasteiger partial charge in [-0.1, -0.05) is 53.2 Å². The summed E-state index contributed by atoms with van der Waals surface area (Å²) in [4.78, 5) is 0. The van der Waals surface area contributed by atoms with Crippen LogP contribution in [0.15, 0.2) is 52.7 Å². The number of ether oxygens (including phenoxy) is 1. The fourth-order valence-corrected chi connectivity index (χ4v) is 3.74. The molecule has 0 bridgehead atoms. The second-order valence-electron chi connectivity index (χ2n) is 5.29. The number of thioether (sulfide) groups is 1. The first kappa shape index (κ1) is 19.2. The number of hydrogen-bond acceptors (Lipinski definition) is 5. The van der Waals surface area contributed by atoms with Crippen LogP contribution in [0.4, 0.5) is 0 Å². The molecule has 0 amide bonds. The first-order valence-electron chi connectivity index (χ1n) is 7.42. The van der Waals surface area contributed by atoms with Crippen molar-refractivity contribution in [3.63, 3.8) is 0 Å². The highest BCUT2D eigenvalue weighted by Gasteiger charge is 2.22. The Bertz CT molecular complexity index is 993. The van der Waals surface area contributed by atoms with Crippen molar-refractivity contribution in [2.24, 2.45) is 5.10 Å². The standard InChI is InChI=1S/C17H12Cl2N4OS.BrH/c1-24-11-5-2-4-10(8-11)14-9-25-17-21-20-16(23(17)22-14)12-6-3-7-13(18)15(12)19;/h2-8H,9H2,1H3;1H. The Morgan fingerprint density at radius 3 is 2.73 bits per heavy atom. The predicted molar refractivity (Wildman–Crippen MR) is 111 cm³/mol. The highest BCUT2D eigenvalue weighted by Crippen LogP contribution is 2.35. The van der Waals surface area contributed by atoms with Crippen LogP contribution in [0, 0.1) is 0 Å². The maximum atomic E-state index is 6.34. The topological polar surface area (TPSA) is 52.3 Å². The molecule has 0 aliphatic carbocycles. The van der Waals surface area contributed by atoms with E-state index >= 15 is 0 Å². The van der Waals surface area contributed by atoms with Gasteiger partial charge in [0, 0.05) is 16.9 Å². The van der Waals surface area contributed by atoms with Gasteiger partial charge in [0.05, 0.1) is 22.9 Å². The molecule has 0 radical (unpaired) electrons. The molecule has 2 aromatic carbocycles. The van der Waals surface area contributed by atoms with E-state index in [1.165, 1.54) is 0 Å². The Morgan fingerprint density at radius 1 is 1.12 bits per heavy atom. The molecule has 3 aromatic rings. The molecule has 0 saturated heterocycles. The molecule has 0 saturated carbocycles. The van der Waals surface area contributed by atoms with Crippen LogP contribution in [0.1, 0.15) is 5.56 Å². The summed E-state index contributed by atoms with van der Waals surface area (Å²) in [5.41, 5.74) is 2.61. The smallest absolute Gasteiger partial charge is 0.212 e. The molecule has 0 unspecified atom stereocenters. The second kappa shape index (κ2) is 8.00. The third kappa shape index (κ3) is 3.49. The lowest BCUT2D eigenvalue weighted by Gasteiger charge is -2.15. The fourth-order valence-electron chi connectivity index (χ4n) is 2.52. The lowest BCUT2D eigenvalue weighted by atomic mass is 10.1. The average Bonchev–Trinajstić information content (AvgIpc) is 3.07. The number of nitrogens with zero attached hydrogens (tertiary/aromatic N) is 4. The summed E-state index contributed by atoms with van der Waals surface area (Å²) in [6.07, 6.45) is 0. The van der Waals surface area contributed by atoms with E-state index in [9.17, 15) is 0 Å². The van der Waals surface area contributed by atoms with Crippen molar-refractivity contribution in [1.29, 1.82) is 0 Å². The third-order valence-electron chi connectivity index (χ3n) is 3.77. The average molecular weight is 472 g/mol. The Balaban J connectivity index is 0.00000196. The number of benzene rings is 2. The van der Waals surface area contributed by atoms with E-state index in [0.717, 1.165) is 22.2 Å². The molecular formula is C17H13BrCl2N4OS. The Hall–Kier alpha value is -1.54. The van der Waals surface area contributed by atoms with Crippen molar-refractivity contribution in [3.8, 4) is 17.1 Å². The number of hydrogen-bond donors (Lipinski definition) is 0. The van der Waals surface area contributed by atoms with E-state index in [0.29, 0.717) is 27.2 Å². The SMILES string of the molecule is Br.COc1cccc(C2=Nn3c(nnc3-c3cccc(Cl)c3Cl)SC2)c1. The van der Waals surface area contributed by atoms with Crippen LogP contribution in [0.25, 0.3) is 11.4 Å². The van der Waals surface area contributed by atoms with Crippen molar-refractivity contribution in [2.45, 2.75) is 5.16 Å². The zero-order valence-electron chi connectivity index (χ0n) is 13.5. The summed E-state index contributed by atoms with van der Waals surface area (Å²) < 4.78 is 7.01. The van der Waals surface area contributed by atoms with Gasteiger partial charge in [-0.2, -0.15) is 9.78 Å². The van der Waals surface area contributed by atoms with E-state index < -0.39 is 0 Å². The van der Waals surface area contributed by atoms with Crippen molar-refractivity contribution < 1.29 is 4.74 Å². The summed E-state index contributed by atoms with van der Waals surface area (Å²) in [6.45, 7) is 0. The molecule has 134 valence electrons. The highest BCUT2D eigenvalue weighted by molar-refractivity contribution is 8.93. The Kier molecular flexibility index (Phi) is 5.92. The van der Waals surface area contributed by atoms with Gasteiger partial charge in [-0.15, -0.1) is 27.2 Å². The molecule has 5 nitrogen and oxygen atoms in total. The van der Waals surface area contributed by atoms with Gasteiger partial charge in [-0.3, -0.25) is 0 Å². The van der Waals surface area contributed by atoms with Gasteiger partial charge < -0.3 is 4.74 Å². The minimum Gasteiger partial charge on any atom is -0.497 e. The maximum Gasteiger partial charge on any atom is 0.212 e. The predicted octanol–water partition coefficient (Wildman–Crippen LogP) is 5.20. The highest BCUT2D eigenvalue weighted by atomic mass is 79.9. The molecule has 0 atom stereocenters. The van der Waals surface area contributed by atoms with Crippen LogP contribution in [-0.4, -0.2) is 33.4 Å². The van der Waals surface area contributed by atoms with Crippen LogP contribution < -0.4 is 4.74 Å². The summed E-state index contributed by atoms with van der Waals surface area (Å²) in [7, 11) is 1.65. The molecule has 1 aromatic heterocycles. The summed E-state index contributed by atoms with van der Waals surface area (Å²) in [5.74, 6) is 2.06. The molecule has 0 spiro atoms. The molecule has 0 fully saturated rings. The Morgan fingerprint density at radius 2 is 1.92 bits per heavy atom. The van der Waals surface area contributed by atoms with Crippen molar-refractivity contribution >= 4 is 57.7 Å². The van der Waals surface area contributed by atoms with Crippen LogP contribution in [0.3, 0.4) is 0 Å². The molecule has 4 rings (SSSR count). The zero-order chi connectivity index (χ0) is 17.4. The van der Waals surface area contributed by atoms with E-state index in [-0.39, 0.29) is 17.0 Å². The normalized spacial score (nSPS) is 12.8. The number of methoxy groups -OCH3 is 1. The van der Waals surface area contributed by atoms with Gasteiger partial charge in [0.15, 0.2) is 5.82 Å². The van der Waals surface area contributed by atoms with Crippen LogP contribution in [0.5, 0.6) is 5.75 Å². The fraction of sp³-hybridized carbons (Fsp3) is 0.118. The van der Waals surface area contributed by atoms with Crippen LogP contribution in [0.2, 0.25) is 10.0 Å². The van der Waals surface area contributed by atoms with Crippen molar-refractivity contribution in [2.75, 3.05) is 12.9 Å². The van der Waals surface area contributed by atoms with E-state index in [1.807, 2.05) is 36.4 Å². The molecule has 1 aliphatic rings. The van der Waals surface area contributed by atoms with Crippen LogP contribution >= 0.6 is 51.9 Å². The number of aromatic nitrogens is 3. The van der Waals surface area contributed by atoms with Gasteiger partial charge >= 0.3 is 0 Å². The van der Waals surface area contributed by atoms with E-state index in [4.69, 9.17) is 33.0 Å². The molecule has 0 N–H and O–H groups in total. The number of rotatable bonds is 3. The molecule has 1 aliphatic heterocycles. The minimum absolute atomic E-state index is 0. The summed E-state index contributed by atoms with van der Waals surface area (Å²) in [6, 6.07) is 13.2. The van der Waals surface area contributed by atoms with E-state index in [2.05, 4.69) is 10.2 Å². The number of halogens is 3. The molecule has 2 heterocycles. The summed E-state index contributed by atoms with van der Waals surface area (Å²) in [5, 5.41) is 14.8. The van der Waals surface area contributed by atoms with Gasteiger partial charge in [0.1, 0.15) is 5.75 Å². The first-order valence-corrected chi connectivity index (χ1v) is 9.16. The summed E-state index contributed by atoms with van der Waals surface area (Å²) >= 11 is 14.0. The van der Waals surface area contributed by atoms with Gasteiger partial charge in [0.2, 0.25) is 5.16 Å². The van der Waals surface area contributed by atoms with E-state index in [1.54, 1.807) is 29.6 Å². The Labute approximate surface area is 175 Å². The number of fused-ring (bicyclic) bond motifs is 1. The zero-order valence-corrected chi connectivity index (χ0v) is 17.6. The second-order valence-corrected chi connectivity index (χ2v) is 7.01. The maximum absolute atomic E-state index is 6.34. The molecule has 26 heavy (non-hydrogen) atoms. The molecular weight excluding hydrogens is 459 g/mol. The molecule has 9 heteroatoms. The van der Waals surface area contributed by atoms with Crippen LogP contribution in [-0.2, 0) is 0 Å². The van der Waals surface area contributed by atoms with Gasteiger partial charge in [0.25, 0.3) is 0 Å². The quantitative estimate of drug-likeness (QED) is 0.527. The van der Waals surface area contributed by atoms with Crippen molar-refractivity contribution in [1.82, 2.24) is 14.9 Å². The first-order chi connectivity index (χ1) is 12.2. The third-order valence-corrected chi connectivity index (χ3v) is 5.52. The van der Waals surface area contributed by atoms with Gasteiger partial charge in [-0.05, 0) is 24.3 Å². The lowest BCUT2D eigenvalue weighted by Crippen LogP contribution is -2.14.